The van der Waals surface area contributed by atoms with Crippen molar-refractivity contribution >= 4 is 5.97 Å². The molecule has 0 unspecified atom stereocenters. The second kappa shape index (κ2) is 4.30. The van der Waals surface area contributed by atoms with E-state index in [1.54, 1.807) is 0 Å². The van der Waals surface area contributed by atoms with Crippen LogP contribution in [-0.2, 0) is 9.53 Å². The number of rotatable bonds is 1. The molecule has 0 spiro atoms. The summed E-state index contributed by atoms with van der Waals surface area (Å²) >= 11 is 0. The van der Waals surface area contributed by atoms with Gasteiger partial charge < -0.3 is 10.1 Å². The van der Waals surface area contributed by atoms with E-state index in [1.807, 2.05) is 20.8 Å². The van der Waals surface area contributed by atoms with Crippen molar-refractivity contribution in [3.05, 3.63) is 0 Å². The van der Waals surface area contributed by atoms with Crippen LogP contribution >= 0.6 is 0 Å². The summed E-state index contributed by atoms with van der Waals surface area (Å²) in [7, 11) is 0. The maximum absolute atomic E-state index is 11.8. The minimum Gasteiger partial charge on any atom is -0.460 e. The summed E-state index contributed by atoms with van der Waals surface area (Å²) < 4.78 is 5.37. The third kappa shape index (κ3) is 3.29. The van der Waals surface area contributed by atoms with Crippen molar-refractivity contribution < 1.29 is 9.53 Å². The summed E-state index contributed by atoms with van der Waals surface area (Å²) in [6.07, 6.45) is 1.06. The molecule has 1 fully saturated rings. The second-order valence-electron chi connectivity index (χ2n) is 5.11. The topological polar surface area (TPSA) is 38.3 Å². The fraction of sp³-hybridized carbons (Fsp3) is 0.909. The van der Waals surface area contributed by atoms with E-state index >= 15 is 0 Å². The number of piperidine rings is 1. The molecule has 1 aliphatic rings. The molecule has 3 heteroatoms. The number of hydrogen-bond donors (Lipinski definition) is 1. The predicted molar refractivity (Wildman–Crippen MR) is 56.0 cm³/mol. The van der Waals surface area contributed by atoms with Crippen molar-refractivity contribution in [1.29, 1.82) is 0 Å². The Balaban J connectivity index is 2.50. The lowest BCUT2D eigenvalue weighted by molar-refractivity contribution is -0.162. The third-order valence-electron chi connectivity index (χ3n) is 2.54. The van der Waals surface area contributed by atoms with Gasteiger partial charge in [0, 0.05) is 6.54 Å². The Kier molecular flexibility index (Phi) is 3.53. The molecule has 2 atom stereocenters. The number of carbonyl (C=O) groups is 1. The Bertz CT molecular complexity index is 208. The highest BCUT2D eigenvalue weighted by Crippen LogP contribution is 2.22. The Hall–Kier alpha value is -0.570. The molecule has 0 aromatic carbocycles. The van der Waals surface area contributed by atoms with Gasteiger partial charge in [-0.2, -0.15) is 0 Å². The van der Waals surface area contributed by atoms with Crippen molar-refractivity contribution in [3.63, 3.8) is 0 Å². The fourth-order valence-corrected chi connectivity index (χ4v) is 1.68. The maximum Gasteiger partial charge on any atom is 0.311 e. The molecule has 3 nitrogen and oxygen atoms in total. The molecule has 0 radical (unpaired) electrons. The average Bonchev–Trinajstić information content (AvgIpc) is 2.01. The van der Waals surface area contributed by atoms with Crippen molar-refractivity contribution in [1.82, 2.24) is 5.32 Å². The molecule has 1 rings (SSSR count). The zero-order chi connectivity index (χ0) is 10.8. The number of esters is 1. The van der Waals surface area contributed by atoms with Gasteiger partial charge >= 0.3 is 5.97 Å². The van der Waals surface area contributed by atoms with Crippen LogP contribution in [0.4, 0.5) is 0 Å². The van der Waals surface area contributed by atoms with E-state index in [0.29, 0.717) is 5.92 Å². The summed E-state index contributed by atoms with van der Waals surface area (Å²) in [6, 6.07) is 0. The number of carbonyl (C=O) groups excluding carboxylic acids is 1. The van der Waals surface area contributed by atoms with Gasteiger partial charge in [-0.15, -0.1) is 0 Å². The molecule has 1 N–H and O–H groups in total. The summed E-state index contributed by atoms with van der Waals surface area (Å²) in [5.74, 6) is 0.409. The highest BCUT2D eigenvalue weighted by Gasteiger charge is 2.31. The molecule has 0 aliphatic carbocycles. The van der Waals surface area contributed by atoms with Crippen molar-refractivity contribution in [3.8, 4) is 0 Å². The van der Waals surface area contributed by atoms with Gasteiger partial charge in [-0.25, -0.2) is 0 Å². The van der Waals surface area contributed by atoms with E-state index in [9.17, 15) is 4.79 Å². The van der Waals surface area contributed by atoms with Gasteiger partial charge in [-0.3, -0.25) is 4.79 Å². The lowest BCUT2D eigenvalue weighted by Crippen LogP contribution is -2.42. The summed E-state index contributed by atoms with van der Waals surface area (Å²) in [6.45, 7) is 9.62. The number of nitrogens with one attached hydrogen (secondary N) is 1. The van der Waals surface area contributed by atoms with E-state index in [1.165, 1.54) is 0 Å². The van der Waals surface area contributed by atoms with Crippen LogP contribution in [0.25, 0.3) is 0 Å². The normalized spacial score (nSPS) is 28.6. The van der Waals surface area contributed by atoms with Gasteiger partial charge in [0.1, 0.15) is 5.60 Å². The van der Waals surface area contributed by atoms with Gasteiger partial charge in [0.25, 0.3) is 0 Å². The highest BCUT2D eigenvalue weighted by molar-refractivity contribution is 5.73. The van der Waals surface area contributed by atoms with Crippen LogP contribution in [0.1, 0.15) is 34.1 Å². The largest absolute Gasteiger partial charge is 0.460 e. The lowest BCUT2D eigenvalue weighted by atomic mass is 9.88. The van der Waals surface area contributed by atoms with Crippen LogP contribution in [0.15, 0.2) is 0 Å². The Morgan fingerprint density at radius 1 is 1.43 bits per heavy atom. The first-order valence-corrected chi connectivity index (χ1v) is 5.34. The van der Waals surface area contributed by atoms with E-state index < -0.39 is 0 Å². The van der Waals surface area contributed by atoms with Gasteiger partial charge in [0.2, 0.25) is 0 Å². The SMILES string of the molecule is C[C@H]1CCNC[C@H]1C(=O)OC(C)(C)C. The standard InChI is InChI=1S/C11H21NO2/c1-8-5-6-12-7-9(8)10(13)14-11(2,3)4/h8-9,12H,5-7H2,1-4H3/t8-,9+/m0/s1. The average molecular weight is 199 g/mol. The minimum atomic E-state index is -0.367. The molecule has 0 amide bonds. The molecule has 0 bridgehead atoms. The quantitative estimate of drug-likeness (QED) is 0.651. The first-order chi connectivity index (χ1) is 6.40. The van der Waals surface area contributed by atoms with Crippen LogP contribution in [0.5, 0.6) is 0 Å². The van der Waals surface area contributed by atoms with Crippen LogP contribution in [0, 0.1) is 11.8 Å². The first-order valence-electron chi connectivity index (χ1n) is 5.34. The fourth-order valence-electron chi connectivity index (χ4n) is 1.68. The van der Waals surface area contributed by atoms with Crippen LogP contribution < -0.4 is 5.32 Å². The Labute approximate surface area is 86.2 Å². The smallest absolute Gasteiger partial charge is 0.311 e. The van der Waals surface area contributed by atoms with Crippen LogP contribution in [0.2, 0.25) is 0 Å². The number of ether oxygens (including phenoxy) is 1. The van der Waals surface area contributed by atoms with Gasteiger partial charge in [0.15, 0.2) is 0 Å². The third-order valence-corrected chi connectivity index (χ3v) is 2.54. The van der Waals surface area contributed by atoms with Crippen LogP contribution in [0.3, 0.4) is 0 Å². The lowest BCUT2D eigenvalue weighted by Gasteiger charge is -2.30. The first kappa shape index (κ1) is 11.5. The van der Waals surface area contributed by atoms with E-state index in [4.69, 9.17) is 4.74 Å². The molecule has 1 saturated heterocycles. The zero-order valence-electron chi connectivity index (χ0n) is 9.59. The van der Waals surface area contributed by atoms with E-state index in [0.717, 1.165) is 19.5 Å². The zero-order valence-corrected chi connectivity index (χ0v) is 9.59. The highest BCUT2D eigenvalue weighted by atomic mass is 16.6. The van der Waals surface area contributed by atoms with Crippen molar-refractivity contribution in [2.24, 2.45) is 11.8 Å². The Morgan fingerprint density at radius 3 is 2.57 bits per heavy atom. The molecular formula is C11H21NO2. The molecular weight excluding hydrogens is 178 g/mol. The number of hydrogen-bond acceptors (Lipinski definition) is 3. The van der Waals surface area contributed by atoms with Gasteiger partial charge in [0.05, 0.1) is 5.92 Å². The minimum absolute atomic E-state index is 0.0305. The monoisotopic (exact) mass is 199 g/mol. The molecule has 1 aliphatic heterocycles. The summed E-state index contributed by atoms with van der Waals surface area (Å²) in [5.41, 5.74) is -0.367. The molecule has 0 saturated carbocycles. The predicted octanol–water partition coefficient (Wildman–Crippen LogP) is 1.57. The molecule has 0 aromatic rings. The van der Waals surface area contributed by atoms with E-state index in [-0.39, 0.29) is 17.5 Å². The summed E-state index contributed by atoms with van der Waals surface area (Å²) in [5, 5.41) is 3.23. The maximum atomic E-state index is 11.8. The second-order valence-corrected chi connectivity index (χ2v) is 5.11. The van der Waals surface area contributed by atoms with Crippen LogP contribution in [-0.4, -0.2) is 24.7 Å². The molecule has 1 heterocycles. The van der Waals surface area contributed by atoms with Gasteiger partial charge in [-0.1, -0.05) is 6.92 Å². The Morgan fingerprint density at radius 2 is 2.07 bits per heavy atom. The molecule has 14 heavy (non-hydrogen) atoms. The molecule has 82 valence electrons. The van der Waals surface area contributed by atoms with Crippen molar-refractivity contribution in [2.45, 2.75) is 39.7 Å². The van der Waals surface area contributed by atoms with Gasteiger partial charge in [-0.05, 0) is 39.7 Å². The van der Waals surface area contributed by atoms with E-state index in [2.05, 4.69) is 12.2 Å². The molecule has 0 aromatic heterocycles. The van der Waals surface area contributed by atoms with Crippen molar-refractivity contribution in [2.75, 3.05) is 13.1 Å². The summed E-state index contributed by atoms with van der Waals surface area (Å²) in [4.78, 5) is 11.8.